The van der Waals surface area contributed by atoms with Gasteiger partial charge < -0.3 is 20.4 Å². The van der Waals surface area contributed by atoms with Gasteiger partial charge in [0.1, 0.15) is 0 Å². The molecule has 1 saturated heterocycles. The minimum absolute atomic E-state index is 0.119. The highest BCUT2D eigenvalue weighted by atomic mass is 16.2. The van der Waals surface area contributed by atoms with Gasteiger partial charge in [-0.2, -0.15) is 0 Å². The molecule has 1 unspecified atom stereocenters. The number of hydrogen-bond donors (Lipinski definition) is 2. The summed E-state index contributed by atoms with van der Waals surface area (Å²) in [5.41, 5.74) is -0.394. The highest BCUT2D eigenvalue weighted by Gasteiger charge is 2.42. The van der Waals surface area contributed by atoms with E-state index in [9.17, 15) is 9.59 Å². The van der Waals surface area contributed by atoms with E-state index in [0.29, 0.717) is 6.54 Å². The van der Waals surface area contributed by atoms with Gasteiger partial charge in [0.15, 0.2) is 0 Å². The molecule has 1 heterocycles. The van der Waals surface area contributed by atoms with Crippen LogP contribution in [0.5, 0.6) is 0 Å². The Hall–Kier alpha value is -1.30. The number of hydrogen-bond acceptors (Lipinski definition) is 3. The van der Waals surface area contributed by atoms with Crippen molar-refractivity contribution in [1.82, 2.24) is 20.4 Å². The Balaban J connectivity index is 1.43. The Morgan fingerprint density at radius 2 is 1.88 bits per heavy atom. The van der Waals surface area contributed by atoms with Crippen molar-refractivity contribution in [2.24, 2.45) is 11.3 Å². The lowest BCUT2D eigenvalue weighted by Gasteiger charge is -2.31. The zero-order valence-corrected chi connectivity index (χ0v) is 15.1. The summed E-state index contributed by atoms with van der Waals surface area (Å²) >= 11 is 0. The Morgan fingerprint density at radius 1 is 1.17 bits per heavy atom. The maximum atomic E-state index is 12.5. The molecular formula is C18H32N4O2. The minimum Gasteiger partial charge on any atom is -0.348 e. The first-order valence-corrected chi connectivity index (χ1v) is 9.47. The zero-order valence-electron chi connectivity index (χ0n) is 15.1. The number of rotatable bonds is 6. The van der Waals surface area contributed by atoms with Crippen LogP contribution in [0.15, 0.2) is 0 Å². The van der Waals surface area contributed by atoms with E-state index in [1.54, 1.807) is 19.0 Å². The highest BCUT2D eigenvalue weighted by molar-refractivity contribution is 5.84. The SMILES string of the molecule is CN(C)C(=O)C1(CNC(=O)NC2CCN(CC3CC3)C2)CCCC1. The Morgan fingerprint density at radius 3 is 2.50 bits per heavy atom. The molecule has 1 aliphatic heterocycles. The van der Waals surface area contributed by atoms with E-state index in [1.807, 2.05) is 0 Å². The molecule has 0 aromatic heterocycles. The molecule has 3 aliphatic rings. The first kappa shape index (κ1) is 17.5. The Labute approximate surface area is 145 Å². The van der Waals surface area contributed by atoms with Crippen LogP contribution < -0.4 is 10.6 Å². The van der Waals surface area contributed by atoms with Gasteiger partial charge in [0.2, 0.25) is 5.91 Å². The Bertz CT molecular complexity index is 470. The average molecular weight is 336 g/mol. The molecular weight excluding hydrogens is 304 g/mol. The normalized spacial score (nSPS) is 26.3. The number of carbonyl (C=O) groups excluding carboxylic acids is 2. The molecule has 3 amide bonds. The lowest BCUT2D eigenvalue weighted by Crippen LogP contribution is -2.50. The van der Waals surface area contributed by atoms with Gasteiger partial charge in [-0.1, -0.05) is 12.8 Å². The van der Waals surface area contributed by atoms with Crippen molar-refractivity contribution >= 4 is 11.9 Å². The summed E-state index contributed by atoms with van der Waals surface area (Å²) in [5.74, 6) is 1.05. The highest BCUT2D eigenvalue weighted by Crippen LogP contribution is 2.38. The van der Waals surface area contributed by atoms with Gasteiger partial charge in [-0.15, -0.1) is 0 Å². The fourth-order valence-corrected chi connectivity index (χ4v) is 4.26. The third-order valence-corrected chi connectivity index (χ3v) is 5.83. The zero-order chi connectivity index (χ0) is 17.2. The molecule has 6 nitrogen and oxygen atoms in total. The van der Waals surface area contributed by atoms with Crippen molar-refractivity contribution in [3.05, 3.63) is 0 Å². The monoisotopic (exact) mass is 336 g/mol. The number of nitrogens with one attached hydrogen (secondary N) is 2. The van der Waals surface area contributed by atoms with E-state index >= 15 is 0 Å². The van der Waals surface area contributed by atoms with Gasteiger partial charge in [-0.25, -0.2) is 4.79 Å². The van der Waals surface area contributed by atoms with Crippen LogP contribution in [0, 0.1) is 11.3 Å². The summed E-state index contributed by atoms with van der Waals surface area (Å²) in [6.45, 7) is 3.70. The lowest BCUT2D eigenvalue weighted by atomic mass is 9.84. The Kier molecular flexibility index (Phi) is 5.33. The molecule has 2 N–H and O–H groups in total. The van der Waals surface area contributed by atoms with Gasteiger partial charge in [0.05, 0.1) is 5.41 Å². The van der Waals surface area contributed by atoms with Crippen LogP contribution in [-0.2, 0) is 4.79 Å². The van der Waals surface area contributed by atoms with E-state index in [4.69, 9.17) is 0 Å². The van der Waals surface area contributed by atoms with Crippen molar-refractivity contribution in [3.8, 4) is 0 Å². The summed E-state index contributed by atoms with van der Waals surface area (Å²) in [6.07, 6.45) is 7.67. The number of nitrogens with zero attached hydrogens (tertiary/aromatic N) is 2. The summed E-state index contributed by atoms with van der Waals surface area (Å²) < 4.78 is 0. The molecule has 0 aromatic rings. The number of amides is 3. The predicted octanol–water partition coefficient (Wildman–Crippen LogP) is 1.42. The first-order chi connectivity index (χ1) is 11.5. The number of urea groups is 1. The third-order valence-electron chi connectivity index (χ3n) is 5.83. The van der Waals surface area contributed by atoms with E-state index in [2.05, 4.69) is 15.5 Å². The standard InChI is InChI=1S/C18H32N4O2/c1-21(2)16(23)18(8-3-4-9-18)13-19-17(24)20-15-7-10-22(12-15)11-14-5-6-14/h14-15H,3-13H2,1-2H3,(H2,19,20,24). The van der Waals surface area contributed by atoms with Crippen LogP contribution >= 0.6 is 0 Å². The second-order valence-corrected chi connectivity index (χ2v) is 8.20. The van der Waals surface area contributed by atoms with Crippen LogP contribution in [-0.4, -0.2) is 68.1 Å². The first-order valence-electron chi connectivity index (χ1n) is 9.47. The van der Waals surface area contributed by atoms with Crippen molar-refractivity contribution < 1.29 is 9.59 Å². The molecule has 24 heavy (non-hydrogen) atoms. The third kappa shape index (κ3) is 4.21. The van der Waals surface area contributed by atoms with E-state index < -0.39 is 5.41 Å². The second kappa shape index (κ2) is 7.30. The molecule has 136 valence electrons. The molecule has 0 radical (unpaired) electrons. The van der Waals surface area contributed by atoms with Gasteiger partial charge in [0, 0.05) is 46.3 Å². The molecule has 0 aromatic carbocycles. The summed E-state index contributed by atoms with van der Waals surface area (Å²) in [4.78, 5) is 28.9. The maximum absolute atomic E-state index is 12.5. The van der Waals surface area contributed by atoms with Crippen molar-refractivity contribution in [1.29, 1.82) is 0 Å². The minimum atomic E-state index is -0.394. The molecule has 2 aliphatic carbocycles. The largest absolute Gasteiger partial charge is 0.348 e. The van der Waals surface area contributed by atoms with Crippen molar-refractivity contribution in [3.63, 3.8) is 0 Å². The van der Waals surface area contributed by atoms with Crippen LogP contribution in [0.2, 0.25) is 0 Å². The van der Waals surface area contributed by atoms with Crippen LogP contribution in [0.1, 0.15) is 44.9 Å². The topological polar surface area (TPSA) is 64.7 Å². The number of likely N-dealkylation sites (tertiary alicyclic amines) is 1. The number of carbonyl (C=O) groups is 2. The summed E-state index contributed by atoms with van der Waals surface area (Å²) in [7, 11) is 3.60. The second-order valence-electron chi connectivity index (χ2n) is 8.20. The lowest BCUT2D eigenvalue weighted by molar-refractivity contribution is -0.138. The quantitative estimate of drug-likeness (QED) is 0.771. The van der Waals surface area contributed by atoms with Crippen LogP contribution in [0.25, 0.3) is 0 Å². The fraction of sp³-hybridized carbons (Fsp3) is 0.889. The summed E-state index contributed by atoms with van der Waals surface area (Å²) in [6, 6.07) is 0.124. The maximum Gasteiger partial charge on any atom is 0.315 e. The van der Waals surface area contributed by atoms with Gasteiger partial charge in [0.25, 0.3) is 0 Å². The van der Waals surface area contributed by atoms with E-state index in [0.717, 1.165) is 51.1 Å². The van der Waals surface area contributed by atoms with Gasteiger partial charge >= 0.3 is 6.03 Å². The molecule has 0 spiro atoms. The predicted molar refractivity (Wildman–Crippen MR) is 93.7 cm³/mol. The van der Waals surface area contributed by atoms with Crippen molar-refractivity contribution in [2.45, 2.75) is 51.0 Å². The fourth-order valence-electron chi connectivity index (χ4n) is 4.26. The molecule has 3 rings (SSSR count). The van der Waals surface area contributed by atoms with Crippen LogP contribution in [0.3, 0.4) is 0 Å². The van der Waals surface area contributed by atoms with Gasteiger partial charge in [-0.05, 0) is 38.0 Å². The molecule has 1 atom stereocenters. The summed E-state index contributed by atoms with van der Waals surface area (Å²) in [5, 5.41) is 6.08. The van der Waals surface area contributed by atoms with E-state index in [-0.39, 0.29) is 18.0 Å². The molecule has 6 heteroatoms. The van der Waals surface area contributed by atoms with Crippen LogP contribution in [0.4, 0.5) is 4.79 Å². The van der Waals surface area contributed by atoms with Gasteiger partial charge in [-0.3, -0.25) is 4.79 Å². The van der Waals surface area contributed by atoms with Crippen molar-refractivity contribution in [2.75, 3.05) is 40.3 Å². The molecule has 2 saturated carbocycles. The average Bonchev–Trinajstić information content (AvgIpc) is 3.05. The smallest absolute Gasteiger partial charge is 0.315 e. The molecule has 3 fully saturated rings. The van der Waals surface area contributed by atoms with E-state index in [1.165, 1.54) is 19.4 Å². The molecule has 0 bridgehead atoms.